The molecule has 2 aliphatic carbocycles. The van der Waals surface area contributed by atoms with Crippen molar-refractivity contribution in [2.24, 2.45) is 0 Å². The molecule has 2 atom stereocenters. The van der Waals surface area contributed by atoms with Gasteiger partial charge in [-0.05, 0) is 38.5 Å². The first-order valence-corrected chi connectivity index (χ1v) is 6.70. The van der Waals surface area contributed by atoms with E-state index in [4.69, 9.17) is 4.74 Å². The Hall–Kier alpha value is -0.120. The van der Waals surface area contributed by atoms with E-state index in [1.165, 1.54) is 32.1 Å². The van der Waals surface area contributed by atoms with Crippen molar-refractivity contribution < 1.29 is 9.84 Å². The lowest BCUT2D eigenvalue weighted by Crippen LogP contribution is -2.45. The molecule has 2 N–H and O–H groups in total. The van der Waals surface area contributed by atoms with Crippen LogP contribution in [-0.2, 0) is 4.74 Å². The van der Waals surface area contributed by atoms with E-state index in [9.17, 15) is 5.11 Å². The van der Waals surface area contributed by atoms with Crippen LogP contribution < -0.4 is 5.32 Å². The van der Waals surface area contributed by atoms with Crippen molar-refractivity contribution in [3.63, 3.8) is 0 Å². The van der Waals surface area contributed by atoms with Crippen molar-refractivity contribution >= 4 is 0 Å². The van der Waals surface area contributed by atoms with Crippen LogP contribution in [0.15, 0.2) is 0 Å². The maximum atomic E-state index is 10.3. The van der Waals surface area contributed by atoms with Crippen LogP contribution in [0, 0.1) is 0 Å². The summed E-state index contributed by atoms with van der Waals surface area (Å²) in [4.78, 5) is 0. The highest BCUT2D eigenvalue weighted by Gasteiger charge is 2.32. The highest BCUT2D eigenvalue weighted by Crippen LogP contribution is 2.29. The molecule has 0 aromatic rings. The van der Waals surface area contributed by atoms with Crippen LogP contribution in [0.2, 0.25) is 0 Å². The summed E-state index contributed by atoms with van der Waals surface area (Å²) in [6, 6.07) is 0.545. The van der Waals surface area contributed by atoms with E-state index in [0.29, 0.717) is 12.1 Å². The van der Waals surface area contributed by atoms with Crippen LogP contribution in [0.25, 0.3) is 0 Å². The molecule has 3 nitrogen and oxygen atoms in total. The van der Waals surface area contributed by atoms with E-state index in [2.05, 4.69) is 5.32 Å². The minimum absolute atomic E-state index is 0.417. The zero-order valence-electron chi connectivity index (χ0n) is 10.4. The Morgan fingerprint density at radius 3 is 2.69 bits per heavy atom. The largest absolute Gasteiger partial charge is 0.389 e. The normalized spacial score (nSPS) is 34.1. The molecule has 16 heavy (non-hydrogen) atoms. The zero-order chi connectivity index (χ0) is 11.4. The summed E-state index contributed by atoms with van der Waals surface area (Å²) in [6.07, 6.45) is 9.51. The fourth-order valence-corrected chi connectivity index (χ4v) is 3.09. The van der Waals surface area contributed by atoms with Crippen LogP contribution in [0.1, 0.15) is 51.4 Å². The van der Waals surface area contributed by atoms with Crippen molar-refractivity contribution in [1.82, 2.24) is 5.32 Å². The maximum Gasteiger partial charge on any atom is 0.0771 e. The quantitative estimate of drug-likeness (QED) is 0.770. The first-order chi connectivity index (χ1) is 7.72. The summed E-state index contributed by atoms with van der Waals surface area (Å²) in [7, 11) is 1.80. The monoisotopic (exact) mass is 227 g/mol. The number of nitrogens with one attached hydrogen (secondary N) is 1. The van der Waals surface area contributed by atoms with Crippen molar-refractivity contribution in [2.45, 2.75) is 69.1 Å². The molecule has 0 amide bonds. The lowest BCUT2D eigenvalue weighted by atomic mass is 9.92. The van der Waals surface area contributed by atoms with Crippen LogP contribution in [-0.4, -0.2) is 36.5 Å². The first kappa shape index (κ1) is 12.3. The highest BCUT2D eigenvalue weighted by molar-refractivity contribution is 4.88. The molecular formula is C13H25NO2. The average Bonchev–Trinajstić information content (AvgIpc) is 2.75. The minimum Gasteiger partial charge on any atom is -0.389 e. The Morgan fingerprint density at radius 1 is 1.25 bits per heavy atom. The number of aliphatic hydroxyl groups is 1. The van der Waals surface area contributed by atoms with Gasteiger partial charge in [0.05, 0.1) is 11.7 Å². The van der Waals surface area contributed by atoms with Gasteiger partial charge in [-0.25, -0.2) is 0 Å². The molecule has 2 aliphatic rings. The minimum atomic E-state index is -0.417. The van der Waals surface area contributed by atoms with Gasteiger partial charge < -0.3 is 15.2 Å². The summed E-state index contributed by atoms with van der Waals surface area (Å²) in [5.74, 6) is 0. The van der Waals surface area contributed by atoms with Gasteiger partial charge in [-0.2, -0.15) is 0 Å². The molecule has 0 aromatic carbocycles. The molecule has 94 valence electrons. The zero-order valence-corrected chi connectivity index (χ0v) is 10.4. The second-order valence-corrected chi connectivity index (χ2v) is 5.53. The van der Waals surface area contributed by atoms with E-state index in [-0.39, 0.29) is 0 Å². The van der Waals surface area contributed by atoms with Gasteiger partial charge in [-0.15, -0.1) is 0 Å². The Bertz CT molecular complexity index is 214. The predicted molar refractivity (Wildman–Crippen MR) is 64.5 cm³/mol. The molecule has 0 heterocycles. The first-order valence-electron chi connectivity index (χ1n) is 6.70. The van der Waals surface area contributed by atoms with Crippen LogP contribution in [0.3, 0.4) is 0 Å². The van der Waals surface area contributed by atoms with Gasteiger partial charge in [-0.3, -0.25) is 0 Å². The summed E-state index contributed by atoms with van der Waals surface area (Å²) in [5.41, 5.74) is -0.417. The van der Waals surface area contributed by atoms with Gasteiger partial charge in [0.1, 0.15) is 0 Å². The third-order valence-electron chi connectivity index (χ3n) is 4.21. The SMILES string of the molecule is COC1CCCC(NCC2(O)CCCC2)C1. The summed E-state index contributed by atoms with van der Waals surface area (Å²) < 4.78 is 5.42. The molecular weight excluding hydrogens is 202 g/mol. The van der Waals surface area contributed by atoms with Crippen LogP contribution in [0.5, 0.6) is 0 Å². The summed E-state index contributed by atoms with van der Waals surface area (Å²) in [5, 5.41) is 13.8. The average molecular weight is 227 g/mol. The summed E-state index contributed by atoms with van der Waals surface area (Å²) >= 11 is 0. The molecule has 3 heteroatoms. The van der Waals surface area contributed by atoms with E-state index in [0.717, 1.165) is 25.8 Å². The van der Waals surface area contributed by atoms with E-state index in [1.807, 2.05) is 0 Å². The molecule has 2 unspecified atom stereocenters. The fraction of sp³-hybridized carbons (Fsp3) is 1.00. The number of ether oxygens (including phenoxy) is 1. The second-order valence-electron chi connectivity index (χ2n) is 5.53. The van der Waals surface area contributed by atoms with E-state index >= 15 is 0 Å². The Labute approximate surface area is 98.6 Å². The molecule has 2 saturated carbocycles. The van der Waals surface area contributed by atoms with Gasteiger partial charge in [0, 0.05) is 19.7 Å². The molecule has 0 saturated heterocycles. The molecule has 0 aromatic heterocycles. The van der Waals surface area contributed by atoms with E-state index < -0.39 is 5.60 Å². The van der Waals surface area contributed by atoms with Crippen LogP contribution >= 0.6 is 0 Å². The van der Waals surface area contributed by atoms with Gasteiger partial charge in [-0.1, -0.05) is 12.8 Å². The molecule has 2 rings (SSSR count). The van der Waals surface area contributed by atoms with Crippen molar-refractivity contribution in [1.29, 1.82) is 0 Å². The Balaban J connectivity index is 1.72. The molecule has 0 bridgehead atoms. The predicted octanol–water partition coefficient (Wildman–Crippen LogP) is 1.84. The molecule has 2 fully saturated rings. The Kier molecular flexibility index (Phi) is 4.22. The molecule has 0 aliphatic heterocycles. The lowest BCUT2D eigenvalue weighted by molar-refractivity contribution is 0.0300. The third-order valence-corrected chi connectivity index (χ3v) is 4.21. The van der Waals surface area contributed by atoms with Crippen molar-refractivity contribution in [3.8, 4) is 0 Å². The number of hydrogen-bond donors (Lipinski definition) is 2. The van der Waals surface area contributed by atoms with Crippen molar-refractivity contribution in [2.75, 3.05) is 13.7 Å². The van der Waals surface area contributed by atoms with Gasteiger partial charge in [0.25, 0.3) is 0 Å². The fourth-order valence-electron chi connectivity index (χ4n) is 3.09. The maximum absolute atomic E-state index is 10.3. The van der Waals surface area contributed by atoms with E-state index in [1.54, 1.807) is 7.11 Å². The molecule has 0 spiro atoms. The van der Waals surface area contributed by atoms with Gasteiger partial charge >= 0.3 is 0 Å². The standard InChI is InChI=1S/C13H25NO2/c1-16-12-6-4-5-11(9-12)14-10-13(15)7-2-3-8-13/h11-12,14-15H,2-10H2,1H3. The highest BCUT2D eigenvalue weighted by atomic mass is 16.5. The van der Waals surface area contributed by atoms with Gasteiger partial charge in [0.15, 0.2) is 0 Å². The smallest absolute Gasteiger partial charge is 0.0771 e. The van der Waals surface area contributed by atoms with Crippen molar-refractivity contribution in [3.05, 3.63) is 0 Å². The second kappa shape index (κ2) is 5.48. The van der Waals surface area contributed by atoms with Gasteiger partial charge in [0.2, 0.25) is 0 Å². The molecule has 0 radical (unpaired) electrons. The number of rotatable bonds is 4. The number of hydrogen-bond acceptors (Lipinski definition) is 3. The van der Waals surface area contributed by atoms with Crippen LogP contribution in [0.4, 0.5) is 0 Å². The Morgan fingerprint density at radius 2 is 2.00 bits per heavy atom. The topological polar surface area (TPSA) is 41.5 Å². The summed E-state index contributed by atoms with van der Waals surface area (Å²) in [6.45, 7) is 0.772. The lowest BCUT2D eigenvalue weighted by Gasteiger charge is -2.32. The number of methoxy groups -OCH3 is 1. The third kappa shape index (κ3) is 3.19.